The predicted molar refractivity (Wildman–Crippen MR) is 165 cm³/mol. The molecule has 0 radical (unpaired) electrons. The number of carbonyl (C=O) groups excluding carboxylic acids is 2. The zero-order valence-corrected chi connectivity index (χ0v) is 25.8. The van der Waals surface area contributed by atoms with Gasteiger partial charge in [-0.15, -0.1) is 0 Å². The van der Waals surface area contributed by atoms with Gasteiger partial charge in [0.15, 0.2) is 5.78 Å². The van der Waals surface area contributed by atoms with Crippen LogP contribution in [0.5, 0.6) is 5.75 Å². The van der Waals surface area contributed by atoms with E-state index in [0.717, 1.165) is 54.5 Å². The molecule has 232 valence electrons. The number of ketones is 1. The maximum atomic E-state index is 14.5. The third kappa shape index (κ3) is 4.27. The van der Waals surface area contributed by atoms with Crippen LogP contribution < -0.4 is 5.73 Å². The molecule has 9 heteroatoms. The molecular weight excluding hydrogens is 558 g/mol. The number of benzene rings is 1. The van der Waals surface area contributed by atoms with Gasteiger partial charge in [-0.2, -0.15) is 0 Å². The molecule has 2 saturated carbocycles. The molecule has 4 aliphatic carbocycles. The minimum Gasteiger partial charge on any atom is -0.510 e. The van der Waals surface area contributed by atoms with Crippen LogP contribution in [0.25, 0.3) is 17.1 Å². The van der Waals surface area contributed by atoms with Crippen molar-refractivity contribution in [3.8, 4) is 17.1 Å². The minimum atomic E-state index is -0.751. The third-order valence-corrected chi connectivity index (χ3v) is 10.9. The van der Waals surface area contributed by atoms with E-state index in [-0.39, 0.29) is 51.6 Å². The molecule has 2 aromatic rings. The first-order valence-electron chi connectivity index (χ1n) is 15.8. The summed E-state index contributed by atoms with van der Waals surface area (Å²) in [5.41, 5.74) is 10.5. The summed E-state index contributed by atoms with van der Waals surface area (Å²) in [7, 11) is 3.65. The zero-order valence-electron chi connectivity index (χ0n) is 25.8. The summed E-state index contributed by atoms with van der Waals surface area (Å²) < 4.78 is 6.09. The molecule has 5 aliphatic rings. The van der Waals surface area contributed by atoms with Gasteiger partial charge in [-0.1, -0.05) is 5.57 Å². The first-order valence-corrected chi connectivity index (χ1v) is 15.8. The number of aromatic hydroxyl groups is 1. The van der Waals surface area contributed by atoms with Gasteiger partial charge in [-0.3, -0.25) is 19.4 Å². The number of amides is 1. The Labute approximate surface area is 257 Å². The normalized spacial score (nSPS) is 30.2. The molecule has 2 heterocycles. The molecule has 3 unspecified atom stereocenters. The highest BCUT2D eigenvalue weighted by Crippen LogP contribution is 2.56. The van der Waals surface area contributed by atoms with E-state index < -0.39 is 17.9 Å². The largest absolute Gasteiger partial charge is 0.510 e. The van der Waals surface area contributed by atoms with Gasteiger partial charge in [0.1, 0.15) is 23.0 Å². The fourth-order valence-corrected chi connectivity index (χ4v) is 8.72. The molecule has 1 aromatic heterocycles. The summed E-state index contributed by atoms with van der Waals surface area (Å²) >= 11 is 0. The second-order valence-electron chi connectivity index (χ2n) is 13.7. The van der Waals surface area contributed by atoms with E-state index in [4.69, 9.17) is 10.2 Å². The number of nitrogens with zero attached hydrogens (tertiary/aromatic N) is 2. The highest BCUT2D eigenvalue weighted by molar-refractivity contribution is 6.10. The Hall–Kier alpha value is -3.82. The number of hydrogen-bond donors (Lipinski definition) is 4. The maximum Gasteiger partial charge on any atom is 0.252 e. The van der Waals surface area contributed by atoms with Gasteiger partial charge in [0.2, 0.25) is 0 Å². The van der Waals surface area contributed by atoms with E-state index in [1.165, 1.54) is 0 Å². The van der Waals surface area contributed by atoms with E-state index in [9.17, 15) is 24.9 Å². The molecule has 7 rings (SSSR count). The van der Waals surface area contributed by atoms with Gasteiger partial charge in [0.25, 0.3) is 5.91 Å². The fourth-order valence-electron chi connectivity index (χ4n) is 8.72. The first kappa shape index (κ1) is 28.9. The monoisotopic (exact) mass is 599 g/mol. The Morgan fingerprint density at radius 3 is 2.41 bits per heavy atom. The first-order chi connectivity index (χ1) is 21.0. The van der Waals surface area contributed by atoms with Gasteiger partial charge >= 0.3 is 0 Å². The Balaban J connectivity index is 1.34. The number of primary amides is 1. The molecule has 9 nitrogen and oxygen atoms in total. The second-order valence-corrected chi connectivity index (χ2v) is 13.7. The molecule has 0 spiro atoms. The van der Waals surface area contributed by atoms with Crippen LogP contribution in [0, 0.1) is 17.8 Å². The highest BCUT2D eigenvalue weighted by atomic mass is 16.3. The number of rotatable bonds is 5. The topological polar surface area (TPSA) is 140 Å². The summed E-state index contributed by atoms with van der Waals surface area (Å²) in [6, 6.07) is 5.74. The number of aliphatic hydroxyl groups is 2. The summed E-state index contributed by atoms with van der Waals surface area (Å²) in [5, 5.41) is 34.3. The molecular formula is C35H41N3O6. The van der Waals surface area contributed by atoms with Gasteiger partial charge in [-0.05, 0) is 108 Å². The lowest BCUT2D eigenvalue weighted by molar-refractivity contribution is -0.123. The number of Topliss-reactive ketones (excluding diaryl/α,β-unsaturated/α-hetero) is 1. The van der Waals surface area contributed by atoms with Crippen molar-refractivity contribution < 1.29 is 29.3 Å². The van der Waals surface area contributed by atoms with Crippen LogP contribution in [0.15, 0.2) is 56.9 Å². The highest BCUT2D eigenvalue weighted by Gasteiger charge is 2.55. The zero-order chi connectivity index (χ0) is 31.2. The second kappa shape index (κ2) is 10.4. The van der Waals surface area contributed by atoms with E-state index >= 15 is 0 Å². The smallest absolute Gasteiger partial charge is 0.252 e. The van der Waals surface area contributed by atoms with Crippen LogP contribution >= 0.6 is 0 Å². The number of likely N-dealkylation sites (tertiary alicyclic amines) is 1. The molecule has 0 bridgehead atoms. The van der Waals surface area contributed by atoms with E-state index in [2.05, 4.69) is 18.7 Å². The van der Waals surface area contributed by atoms with Crippen molar-refractivity contribution >= 4 is 17.4 Å². The summed E-state index contributed by atoms with van der Waals surface area (Å²) in [6.45, 7) is 5.23. The van der Waals surface area contributed by atoms with Crippen LogP contribution in [-0.4, -0.2) is 69.0 Å². The van der Waals surface area contributed by atoms with E-state index in [1.54, 1.807) is 12.3 Å². The number of hydrogen-bond acceptors (Lipinski definition) is 8. The number of aliphatic hydroxyl groups excluding tert-OH is 2. The summed E-state index contributed by atoms with van der Waals surface area (Å²) in [6.07, 6.45) is 6.41. The number of phenols is 1. The Morgan fingerprint density at radius 1 is 1.07 bits per heavy atom. The molecule has 1 amide bonds. The number of likely N-dealkylation sites (N-methyl/N-ethyl adjacent to an activating group) is 1. The standard InChI is InChI=1S/C35H41N3O6/c1-16-5-6-17(2)38(16)15-19-11-12-44-34(19)21-9-10-24(39)27-22(21)13-20-14-23-28(32(41)26(20)31(27)40)25(18-7-8-18)29(35(36)43)33(42)30(23)37(3)4/h9-12,16-17,20,23,28,30,39-40,42H,5-8,13-15H2,1-4H3,(H2,36,43)/t16-,17-,20?,23?,28?,30+/m1/s1. The lowest BCUT2D eigenvalue weighted by Gasteiger charge is -2.48. The van der Waals surface area contributed by atoms with Gasteiger partial charge in [-0.25, -0.2) is 0 Å². The van der Waals surface area contributed by atoms with Crippen LogP contribution in [0.2, 0.25) is 0 Å². The maximum absolute atomic E-state index is 14.5. The van der Waals surface area contributed by atoms with Crippen LogP contribution in [0.3, 0.4) is 0 Å². The molecule has 6 atom stereocenters. The van der Waals surface area contributed by atoms with Gasteiger partial charge < -0.3 is 25.5 Å². The molecule has 1 saturated heterocycles. The third-order valence-electron chi connectivity index (χ3n) is 10.9. The van der Waals surface area contributed by atoms with Crippen molar-refractivity contribution in [1.82, 2.24) is 9.80 Å². The van der Waals surface area contributed by atoms with Crippen molar-refractivity contribution in [3.05, 3.63) is 69.2 Å². The molecule has 5 N–H and O–H groups in total. The van der Waals surface area contributed by atoms with Gasteiger partial charge in [0.05, 0.1) is 29.4 Å². The van der Waals surface area contributed by atoms with E-state index in [1.807, 2.05) is 31.1 Å². The average Bonchev–Trinajstić information content (AvgIpc) is 3.62. The van der Waals surface area contributed by atoms with E-state index in [0.29, 0.717) is 36.3 Å². The Kier molecular flexibility index (Phi) is 6.82. The van der Waals surface area contributed by atoms with Gasteiger partial charge in [0, 0.05) is 35.3 Å². The average molecular weight is 600 g/mol. The number of carbonyl (C=O) groups is 2. The van der Waals surface area contributed by atoms with Crippen molar-refractivity contribution in [3.63, 3.8) is 0 Å². The molecule has 1 aliphatic heterocycles. The molecule has 1 aromatic carbocycles. The fraction of sp³-hybridized carbons (Fsp3) is 0.486. The minimum absolute atomic E-state index is 0.0395. The van der Waals surface area contributed by atoms with Crippen molar-refractivity contribution in [2.75, 3.05) is 14.1 Å². The predicted octanol–water partition coefficient (Wildman–Crippen LogP) is 5.00. The lowest BCUT2D eigenvalue weighted by Crippen LogP contribution is -2.52. The van der Waals surface area contributed by atoms with Crippen LogP contribution in [-0.2, 0) is 22.6 Å². The Morgan fingerprint density at radius 2 is 1.77 bits per heavy atom. The molecule has 44 heavy (non-hydrogen) atoms. The number of allylic oxidation sites excluding steroid dienone is 2. The SMILES string of the molecule is C[C@@H]1CC[C@@H](C)N1Cc1ccoc1-c1ccc(O)c2c1CC1CC3C(C(=O)C1=C2O)C(=C1CC1)C(C(N)=O)=C(O)[C@H]3N(C)C. The quantitative estimate of drug-likeness (QED) is 0.376. The summed E-state index contributed by atoms with van der Waals surface area (Å²) in [5.74, 6) is -2.06. The number of nitrogens with two attached hydrogens (primary N) is 1. The van der Waals surface area contributed by atoms with Crippen molar-refractivity contribution in [1.29, 1.82) is 0 Å². The summed E-state index contributed by atoms with van der Waals surface area (Å²) in [4.78, 5) is 31.5. The van der Waals surface area contributed by atoms with Crippen LogP contribution in [0.1, 0.15) is 62.6 Å². The van der Waals surface area contributed by atoms with Crippen molar-refractivity contribution in [2.45, 2.75) is 77.0 Å². The number of fused-ring (bicyclic) bond motifs is 3. The number of furan rings is 1. The number of phenolic OH excluding ortho intramolecular Hbond substituents is 1. The van der Waals surface area contributed by atoms with Crippen molar-refractivity contribution in [2.24, 2.45) is 23.5 Å². The lowest BCUT2D eigenvalue weighted by atomic mass is 9.58. The Bertz CT molecular complexity index is 1660. The van der Waals surface area contributed by atoms with Crippen LogP contribution in [0.4, 0.5) is 0 Å². The molecule has 3 fully saturated rings.